The summed E-state index contributed by atoms with van der Waals surface area (Å²) in [5, 5.41) is 7.26. The number of carbonyl (C=O) groups is 1. The summed E-state index contributed by atoms with van der Waals surface area (Å²) in [6.07, 6.45) is 12.4. The molecule has 0 aromatic carbocycles. The van der Waals surface area contributed by atoms with Crippen LogP contribution in [0.5, 0.6) is 0 Å². The summed E-state index contributed by atoms with van der Waals surface area (Å²) in [4.78, 5) is 29.0. The van der Waals surface area contributed by atoms with Gasteiger partial charge >= 0.3 is 6.09 Å². The number of likely N-dealkylation sites (tertiary alicyclic amines) is 1. The summed E-state index contributed by atoms with van der Waals surface area (Å²) in [6.45, 7) is 7.96. The van der Waals surface area contributed by atoms with E-state index in [9.17, 15) is 4.79 Å². The fourth-order valence-electron chi connectivity index (χ4n) is 5.75. The third-order valence-corrected chi connectivity index (χ3v) is 7.97. The highest BCUT2D eigenvalue weighted by Crippen LogP contribution is 2.34. The van der Waals surface area contributed by atoms with Crippen molar-refractivity contribution in [2.45, 2.75) is 109 Å². The largest absolute Gasteiger partial charge is 0.449 e. The topological polar surface area (TPSA) is 123 Å². The van der Waals surface area contributed by atoms with Gasteiger partial charge in [0, 0.05) is 37.3 Å². The van der Waals surface area contributed by atoms with Crippen LogP contribution in [0.2, 0.25) is 0 Å². The lowest BCUT2D eigenvalue weighted by Gasteiger charge is -2.32. The van der Waals surface area contributed by atoms with Crippen molar-refractivity contribution in [2.24, 2.45) is 11.1 Å². The maximum absolute atomic E-state index is 12.5. The summed E-state index contributed by atoms with van der Waals surface area (Å²) in [7, 11) is 0. The van der Waals surface area contributed by atoms with Crippen LogP contribution >= 0.6 is 0 Å². The molecule has 0 spiro atoms. The Bertz CT molecular complexity index is 1060. The first-order valence-electron chi connectivity index (χ1n) is 14.2. The zero-order valence-electron chi connectivity index (χ0n) is 22.7. The van der Waals surface area contributed by atoms with Crippen LogP contribution in [0.15, 0.2) is 6.33 Å². The van der Waals surface area contributed by atoms with Gasteiger partial charge in [0.2, 0.25) is 5.95 Å². The summed E-state index contributed by atoms with van der Waals surface area (Å²) in [5.74, 6) is 1.45. The number of aromatic nitrogens is 4. The molecule has 10 heteroatoms. The highest BCUT2D eigenvalue weighted by atomic mass is 16.6. The molecule has 0 unspecified atom stereocenters. The van der Waals surface area contributed by atoms with Crippen LogP contribution in [-0.2, 0) is 4.74 Å². The molecule has 2 aromatic rings. The number of hydrogen-bond donors (Lipinski definition) is 3. The number of amides is 1. The number of imidazole rings is 1. The predicted molar refractivity (Wildman–Crippen MR) is 146 cm³/mol. The lowest BCUT2D eigenvalue weighted by Crippen LogP contribution is -2.43. The van der Waals surface area contributed by atoms with Crippen molar-refractivity contribution < 1.29 is 9.53 Å². The van der Waals surface area contributed by atoms with Crippen molar-refractivity contribution in [3.05, 3.63) is 6.33 Å². The summed E-state index contributed by atoms with van der Waals surface area (Å²) >= 11 is 0. The molecule has 1 saturated heterocycles. The predicted octanol–water partition coefficient (Wildman–Crippen LogP) is 4.68. The van der Waals surface area contributed by atoms with Gasteiger partial charge in [-0.2, -0.15) is 9.97 Å². The van der Waals surface area contributed by atoms with E-state index >= 15 is 0 Å². The fraction of sp³-hybridized carbons (Fsp3) is 0.778. The first kappa shape index (κ1) is 26.0. The first-order chi connectivity index (χ1) is 17.7. The molecule has 10 nitrogen and oxygen atoms in total. The lowest BCUT2D eigenvalue weighted by atomic mass is 9.92. The minimum atomic E-state index is -0.216. The second-order valence-electron chi connectivity index (χ2n) is 12.4. The molecule has 3 aliphatic rings. The van der Waals surface area contributed by atoms with Gasteiger partial charge in [-0.05, 0) is 56.8 Å². The molecule has 0 radical (unpaired) electrons. The van der Waals surface area contributed by atoms with Gasteiger partial charge in [0.25, 0.3) is 0 Å². The molecule has 37 heavy (non-hydrogen) atoms. The molecule has 2 saturated carbocycles. The molecule has 0 atom stereocenters. The third kappa shape index (κ3) is 6.45. The van der Waals surface area contributed by atoms with Crippen LogP contribution < -0.4 is 16.4 Å². The van der Waals surface area contributed by atoms with Crippen molar-refractivity contribution in [1.82, 2.24) is 24.4 Å². The van der Waals surface area contributed by atoms with Gasteiger partial charge in [-0.15, -0.1) is 0 Å². The summed E-state index contributed by atoms with van der Waals surface area (Å²) in [6, 6.07) is 1.31. The molecule has 2 aliphatic carbocycles. The third-order valence-electron chi connectivity index (χ3n) is 7.97. The van der Waals surface area contributed by atoms with Gasteiger partial charge in [-0.25, -0.2) is 9.78 Å². The number of hydrogen-bond acceptors (Lipinski definition) is 8. The standard InChI is InChI=1S/C27H44N8O2/c1-27(2,3)16-37-26(36)34-14-12-20(13-15-34)30-23-22-24(35(17-29-22)21-6-4-5-7-21)33-25(32-23)31-19-10-8-18(28)9-11-19/h17-21H,4-16,28H2,1-3H3,(H2,30,31,32,33). The van der Waals surface area contributed by atoms with Gasteiger partial charge in [0.05, 0.1) is 12.9 Å². The number of ether oxygens (including phenoxy) is 1. The molecule has 3 fully saturated rings. The van der Waals surface area contributed by atoms with Crippen LogP contribution in [-0.4, -0.2) is 68.3 Å². The Labute approximate surface area is 220 Å². The summed E-state index contributed by atoms with van der Waals surface area (Å²) < 4.78 is 7.78. The van der Waals surface area contributed by atoms with Gasteiger partial charge < -0.3 is 30.6 Å². The molecule has 4 N–H and O–H groups in total. The van der Waals surface area contributed by atoms with E-state index in [-0.39, 0.29) is 17.6 Å². The molecule has 0 bridgehead atoms. The first-order valence-corrected chi connectivity index (χ1v) is 14.2. The average molecular weight is 513 g/mol. The minimum Gasteiger partial charge on any atom is -0.449 e. The zero-order valence-corrected chi connectivity index (χ0v) is 22.7. The van der Waals surface area contributed by atoms with E-state index in [1.165, 1.54) is 25.7 Å². The summed E-state index contributed by atoms with van der Waals surface area (Å²) in [5.41, 5.74) is 7.82. The highest BCUT2D eigenvalue weighted by Gasteiger charge is 2.28. The average Bonchev–Trinajstić information content (AvgIpc) is 3.54. The SMILES string of the molecule is CC(C)(C)COC(=O)N1CCC(Nc2nc(NC3CCC(N)CC3)nc3c2ncn3C2CCCC2)CC1. The molecular weight excluding hydrogens is 468 g/mol. The molecule has 1 aliphatic heterocycles. The Morgan fingerprint density at radius 2 is 1.68 bits per heavy atom. The van der Waals surface area contributed by atoms with Crippen LogP contribution in [0.1, 0.15) is 91.0 Å². The Morgan fingerprint density at radius 3 is 2.35 bits per heavy atom. The Kier molecular flexibility index (Phi) is 7.74. The van der Waals surface area contributed by atoms with E-state index in [0.29, 0.717) is 43.8 Å². The number of fused-ring (bicyclic) bond motifs is 1. The number of carbonyl (C=O) groups excluding carboxylic acids is 1. The maximum Gasteiger partial charge on any atom is 0.409 e. The van der Waals surface area contributed by atoms with Crippen molar-refractivity contribution in [1.29, 1.82) is 0 Å². The number of nitrogens with one attached hydrogen (secondary N) is 2. The fourth-order valence-corrected chi connectivity index (χ4v) is 5.75. The number of nitrogens with zero attached hydrogens (tertiary/aromatic N) is 5. The second-order valence-corrected chi connectivity index (χ2v) is 12.4. The number of anilines is 2. The van der Waals surface area contributed by atoms with E-state index in [2.05, 4.69) is 36.0 Å². The second kappa shape index (κ2) is 11.0. The van der Waals surface area contributed by atoms with E-state index in [1.54, 1.807) is 0 Å². The van der Waals surface area contributed by atoms with Gasteiger partial charge in [0.15, 0.2) is 17.0 Å². The zero-order chi connectivity index (χ0) is 26.0. The van der Waals surface area contributed by atoms with E-state index in [0.717, 1.165) is 55.5 Å². The van der Waals surface area contributed by atoms with Crippen LogP contribution in [0, 0.1) is 5.41 Å². The Hall–Kier alpha value is -2.62. The number of piperidine rings is 1. The molecule has 5 rings (SSSR count). The van der Waals surface area contributed by atoms with Crippen molar-refractivity contribution in [3.63, 3.8) is 0 Å². The van der Waals surface area contributed by atoms with Crippen LogP contribution in [0.25, 0.3) is 11.2 Å². The van der Waals surface area contributed by atoms with Gasteiger partial charge in [-0.1, -0.05) is 33.6 Å². The molecule has 1 amide bonds. The normalized spacial score (nSPS) is 23.9. The van der Waals surface area contributed by atoms with Crippen LogP contribution in [0.4, 0.5) is 16.6 Å². The number of rotatable bonds is 6. The Balaban J connectivity index is 1.30. The van der Waals surface area contributed by atoms with E-state index in [1.807, 2.05) is 11.2 Å². The van der Waals surface area contributed by atoms with Crippen molar-refractivity contribution >= 4 is 29.0 Å². The molecular formula is C27H44N8O2. The quantitative estimate of drug-likeness (QED) is 0.510. The highest BCUT2D eigenvalue weighted by molar-refractivity contribution is 5.84. The monoisotopic (exact) mass is 512 g/mol. The lowest BCUT2D eigenvalue weighted by molar-refractivity contribution is 0.0663. The maximum atomic E-state index is 12.5. The van der Waals surface area contributed by atoms with E-state index < -0.39 is 0 Å². The number of nitrogens with two attached hydrogens (primary N) is 1. The Morgan fingerprint density at radius 1 is 1.00 bits per heavy atom. The molecule has 204 valence electrons. The smallest absolute Gasteiger partial charge is 0.409 e. The molecule has 2 aromatic heterocycles. The van der Waals surface area contributed by atoms with Crippen LogP contribution in [0.3, 0.4) is 0 Å². The minimum absolute atomic E-state index is 0.0365. The molecule has 3 heterocycles. The van der Waals surface area contributed by atoms with E-state index in [4.69, 9.17) is 25.4 Å². The van der Waals surface area contributed by atoms with Gasteiger partial charge in [0.1, 0.15) is 0 Å². The van der Waals surface area contributed by atoms with Crippen molar-refractivity contribution in [2.75, 3.05) is 30.3 Å². The van der Waals surface area contributed by atoms with Gasteiger partial charge in [-0.3, -0.25) is 0 Å². The van der Waals surface area contributed by atoms with Crippen molar-refractivity contribution in [3.8, 4) is 0 Å².